The summed E-state index contributed by atoms with van der Waals surface area (Å²) in [6.07, 6.45) is 1.66. The smallest absolute Gasteiger partial charge is 0.274 e. The fourth-order valence-corrected chi connectivity index (χ4v) is 1.78. The lowest BCUT2D eigenvalue weighted by Gasteiger charge is -2.05. The molecule has 3 N–H and O–H groups in total. The summed E-state index contributed by atoms with van der Waals surface area (Å²) in [6.45, 7) is 3.03. The molecule has 0 atom stereocenters. The van der Waals surface area contributed by atoms with Gasteiger partial charge in [-0.05, 0) is 24.6 Å². The van der Waals surface area contributed by atoms with Crippen LogP contribution in [0, 0.1) is 0 Å². The normalized spacial score (nSPS) is 10.3. The average Bonchev–Trinajstić information content (AvgIpc) is 2.86. The molecule has 106 valence electrons. The molecule has 0 unspecified atom stereocenters. The summed E-state index contributed by atoms with van der Waals surface area (Å²) in [7, 11) is 1.61. The van der Waals surface area contributed by atoms with Crippen molar-refractivity contribution in [2.75, 3.05) is 12.8 Å². The fraction of sp³-hybridized carbons (Fsp3) is 0.286. The van der Waals surface area contributed by atoms with E-state index in [1.807, 2.05) is 31.2 Å². The molecule has 0 aliphatic rings. The van der Waals surface area contributed by atoms with Crippen molar-refractivity contribution in [3.8, 4) is 5.75 Å². The zero-order valence-corrected chi connectivity index (χ0v) is 11.6. The Hall–Kier alpha value is -2.50. The van der Waals surface area contributed by atoms with Crippen molar-refractivity contribution in [3.05, 3.63) is 41.7 Å². The number of methoxy groups -OCH3 is 1. The maximum absolute atomic E-state index is 12.0. The molecule has 0 spiro atoms. The molecule has 0 aliphatic heterocycles. The highest BCUT2D eigenvalue weighted by atomic mass is 16.5. The van der Waals surface area contributed by atoms with Gasteiger partial charge in [0.2, 0.25) is 0 Å². The molecule has 0 bridgehead atoms. The third kappa shape index (κ3) is 3.09. The molecule has 2 aromatic rings. The fourth-order valence-electron chi connectivity index (χ4n) is 1.78. The van der Waals surface area contributed by atoms with E-state index < -0.39 is 0 Å². The Bertz CT molecular complexity index is 590. The molecule has 1 aromatic heterocycles. The number of amides is 1. The third-order valence-corrected chi connectivity index (χ3v) is 2.94. The van der Waals surface area contributed by atoms with E-state index in [1.54, 1.807) is 18.0 Å². The molecule has 0 saturated heterocycles. The molecule has 0 aliphatic carbocycles. The van der Waals surface area contributed by atoms with Gasteiger partial charge in [-0.2, -0.15) is 5.10 Å². The van der Waals surface area contributed by atoms with Crippen LogP contribution in [0.25, 0.3) is 0 Å². The van der Waals surface area contributed by atoms with Crippen molar-refractivity contribution >= 4 is 11.6 Å². The van der Waals surface area contributed by atoms with Gasteiger partial charge >= 0.3 is 0 Å². The Balaban J connectivity index is 1.98. The largest absolute Gasteiger partial charge is 0.497 e. The van der Waals surface area contributed by atoms with Gasteiger partial charge in [0, 0.05) is 19.3 Å². The summed E-state index contributed by atoms with van der Waals surface area (Å²) in [6, 6.07) is 7.49. The topological polar surface area (TPSA) is 82.2 Å². The van der Waals surface area contributed by atoms with Gasteiger partial charge in [-0.25, -0.2) is 0 Å². The molecule has 20 heavy (non-hydrogen) atoms. The van der Waals surface area contributed by atoms with Crippen molar-refractivity contribution in [1.29, 1.82) is 0 Å². The van der Waals surface area contributed by atoms with Crippen LogP contribution in [-0.4, -0.2) is 22.8 Å². The standard InChI is InChI=1S/C14H18N4O2/c1-3-18-9-12(15)13(17-18)14(19)16-8-10-4-6-11(20-2)7-5-10/h4-7,9H,3,8,15H2,1-2H3,(H,16,19). The molecule has 0 fully saturated rings. The maximum atomic E-state index is 12.0. The second-order valence-electron chi connectivity index (χ2n) is 4.32. The second-order valence-corrected chi connectivity index (χ2v) is 4.32. The van der Waals surface area contributed by atoms with E-state index in [2.05, 4.69) is 10.4 Å². The predicted octanol–water partition coefficient (Wildman–Crippen LogP) is 1.42. The van der Waals surface area contributed by atoms with Crippen LogP contribution < -0.4 is 15.8 Å². The molecular weight excluding hydrogens is 256 g/mol. The number of nitrogens with two attached hydrogens (primary N) is 1. The first-order chi connectivity index (χ1) is 9.63. The first kappa shape index (κ1) is 13.9. The highest BCUT2D eigenvalue weighted by Crippen LogP contribution is 2.12. The molecule has 0 radical (unpaired) electrons. The number of carbonyl (C=O) groups excluding carboxylic acids is 1. The van der Waals surface area contributed by atoms with Crippen LogP contribution in [-0.2, 0) is 13.1 Å². The van der Waals surface area contributed by atoms with Gasteiger partial charge < -0.3 is 15.8 Å². The zero-order chi connectivity index (χ0) is 14.5. The van der Waals surface area contributed by atoms with Gasteiger partial charge in [0.1, 0.15) is 5.75 Å². The Morgan fingerprint density at radius 3 is 2.65 bits per heavy atom. The zero-order valence-electron chi connectivity index (χ0n) is 11.6. The van der Waals surface area contributed by atoms with Gasteiger partial charge in [-0.15, -0.1) is 0 Å². The number of anilines is 1. The van der Waals surface area contributed by atoms with Gasteiger partial charge in [0.15, 0.2) is 5.69 Å². The number of aryl methyl sites for hydroxylation is 1. The number of hydrogen-bond acceptors (Lipinski definition) is 4. The molecule has 6 heteroatoms. The average molecular weight is 274 g/mol. The highest BCUT2D eigenvalue weighted by Gasteiger charge is 2.13. The number of benzene rings is 1. The van der Waals surface area contributed by atoms with Crippen LogP contribution >= 0.6 is 0 Å². The number of rotatable bonds is 5. The minimum atomic E-state index is -0.273. The van der Waals surface area contributed by atoms with E-state index in [0.29, 0.717) is 18.8 Å². The minimum Gasteiger partial charge on any atom is -0.497 e. The minimum absolute atomic E-state index is 0.264. The van der Waals surface area contributed by atoms with Gasteiger partial charge in [-0.1, -0.05) is 12.1 Å². The first-order valence-corrected chi connectivity index (χ1v) is 6.38. The lowest BCUT2D eigenvalue weighted by atomic mass is 10.2. The summed E-state index contributed by atoms with van der Waals surface area (Å²) >= 11 is 0. The number of nitrogens with one attached hydrogen (secondary N) is 1. The lowest BCUT2D eigenvalue weighted by molar-refractivity contribution is 0.0946. The molecule has 1 amide bonds. The molecule has 1 heterocycles. The van der Waals surface area contributed by atoms with Crippen LogP contribution in [0.15, 0.2) is 30.5 Å². The number of ether oxygens (including phenoxy) is 1. The number of aromatic nitrogens is 2. The number of nitrogens with zero attached hydrogens (tertiary/aromatic N) is 2. The lowest BCUT2D eigenvalue weighted by Crippen LogP contribution is -2.24. The van der Waals surface area contributed by atoms with Crippen LogP contribution in [0.2, 0.25) is 0 Å². The van der Waals surface area contributed by atoms with Gasteiger partial charge in [0.05, 0.1) is 12.8 Å². The van der Waals surface area contributed by atoms with Crippen molar-refractivity contribution in [1.82, 2.24) is 15.1 Å². The van der Waals surface area contributed by atoms with Gasteiger partial charge in [-0.3, -0.25) is 9.48 Å². The summed E-state index contributed by atoms with van der Waals surface area (Å²) in [4.78, 5) is 12.0. The summed E-state index contributed by atoms with van der Waals surface area (Å²) in [5.41, 5.74) is 7.40. The van der Waals surface area contributed by atoms with Crippen molar-refractivity contribution < 1.29 is 9.53 Å². The number of hydrogen-bond donors (Lipinski definition) is 2. The van der Waals surface area contributed by atoms with Gasteiger partial charge in [0.25, 0.3) is 5.91 Å². The molecule has 2 rings (SSSR count). The summed E-state index contributed by atoms with van der Waals surface area (Å²) in [5, 5.41) is 6.92. The molecular formula is C14H18N4O2. The van der Waals surface area contributed by atoms with Crippen molar-refractivity contribution in [3.63, 3.8) is 0 Å². The Morgan fingerprint density at radius 1 is 1.40 bits per heavy atom. The van der Waals surface area contributed by atoms with Crippen LogP contribution in [0.5, 0.6) is 5.75 Å². The quantitative estimate of drug-likeness (QED) is 0.864. The summed E-state index contributed by atoms with van der Waals surface area (Å²) < 4.78 is 6.71. The Morgan fingerprint density at radius 2 is 2.10 bits per heavy atom. The van der Waals surface area contributed by atoms with Crippen LogP contribution in [0.1, 0.15) is 23.0 Å². The van der Waals surface area contributed by atoms with E-state index in [0.717, 1.165) is 11.3 Å². The van der Waals surface area contributed by atoms with E-state index >= 15 is 0 Å². The molecule has 0 saturated carbocycles. The van der Waals surface area contributed by atoms with E-state index in [9.17, 15) is 4.79 Å². The molecule has 1 aromatic carbocycles. The van der Waals surface area contributed by atoms with Crippen molar-refractivity contribution in [2.45, 2.75) is 20.0 Å². The predicted molar refractivity (Wildman–Crippen MR) is 76.5 cm³/mol. The summed E-state index contributed by atoms with van der Waals surface area (Å²) in [5.74, 6) is 0.511. The maximum Gasteiger partial charge on any atom is 0.274 e. The Kier molecular flexibility index (Phi) is 4.24. The highest BCUT2D eigenvalue weighted by molar-refractivity contribution is 5.96. The second kappa shape index (κ2) is 6.10. The van der Waals surface area contributed by atoms with E-state index in [4.69, 9.17) is 10.5 Å². The SMILES string of the molecule is CCn1cc(N)c(C(=O)NCc2ccc(OC)cc2)n1. The Labute approximate surface area is 117 Å². The van der Waals surface area contributed by atoms with Crippen LogP contribution in [0.3, 0.4) is 0 Å². The monoisotopic (exact) mass is 274 g/mol. The van der Waals surface area contributed by atoms with E-state index in [1.165, 1.54) is 0 Å². The van der Waals surface area contributed by atoms with Crippen LogP contribution in [0.4, 0.5) is 5.69 Å². The molecule has 6 nitrogen and oxygen atoms in total. The first-order valence-electron chi connectivity index (χ1n) is 6.38. The van der Waals surface area contributed by atoms with E-state index in [-0.39, 0.29) is 11.6 Å². The van der Waals surface area contributed by atoms with Crippen molar-refractivity contribution in [2.24, 2.45) is 0 Å². The third-order valence-electron chi connectivity index (χ3n) is 2.94. The number of nitrogen functional groups attached to an aromatic ring is 1. The number of carbonyl (C=O) groups is 1.